The maximum absolute atomic E-state index is 13.1. The standard InChI is InChI=1S/C25H31N3O2/c29-24(11-14-26-12-4-5-13-26)27-17-20-16-21(18-27)23(15-19-7-2-1-3-8-19)28-22(20)9-6-10-25(28)30/h1-3,6-10,20-21,23H,4-5,11-18H2/t20-,21+,23+/m1/s1. The number of pyridine rings is 1. The number of benzene rings is 1. The Labute approximate surface area is 178 Å². The van der Waals surface area contributed by atoms with E-state index in [0.29, 0.717) is 12.3 Å². The molecule has 5 heteroatoms. The quantitative estimate of drug-likeness (QED) is 0.768. The zero-order valence-corrected chi connectivity index (χ0v) is 17.6. The maximum atomic E-state index is 13.1. The Bertz CT molecular complexity index is 948. The van der Waals surface area contributed by atoms with Crippen molar-refractivity contribution in [2.45, 2.75) is 44.1 Å². The molecule has 1 aromatic heterocycles. The predicted octanol–water partition coefficient (Wildman–Crippen LogP) is 3.06. The topological polar surface area (TPSA) is 45.6 Å². The Balaban J connectivity index is 1.38. The van der Waals surface area contributed by atoms with Crippen LogP contribution in [0.3, 0.4) is 0 Å². The summed E-state index contributed by atoms with van der Waals surface area (Å²) in [7, 11) is 0. The second-order valence-electron chi connectivity index (χ2n) is 9.21. The minimum absolute atomic E-state index is 0.0944. The van der Waals surface area contributed by atoms with Crippen LogP contribution < -0.4 is 5.56 Å². The molecule has 3 aliphatic heterocycles. The van der Waals surface area contributed by atoms with Crippen molar-refractivity contribution in [2.75, 3.05) is 32.7 Å². The second-order valence-corrected chi connectivity index (χ2v) is 9.21. The highest BCUT2D eigenvalue weighted by Crippen LogP contribution is 2.42. The van der Waals surface area contributed by atoms with Gasteiger partial charge in [-0.15, -0.1) is 0 Å². The van der Waals surface area contributed by atoms with E-state index in [9.17, 15) is 9.59 Å². The van der Waals surface area contributed by atoms with E-state index >= 15 is 0 Å². The molecule has 2 bridgehead atoms. The van der Waals surface area contributed by atoms with E-state index in [1.165, 1.54) is 18.4 Å². The van der Waals surface area contributed by atoms with Crippen LogP contribution in [0.2, 0.25) is 0 Å². The third kappa shape index (κ3) is 3.83. The zero-order chi connectivity index (χ0) is 20.5. The number of hydrogen-bond donors (Lipinski definition) is 0. The molecule has 0 spiro atoms. The lowest BCUT2D eigenvalue weighted by Crippen LogP contribution is -2.51. The number of rotatable bonds is 5. The molecule has 1 amide bonds. The van der Waals surface area contributed by atoms with Crippen molar-refractivity contribution in [1.82, 2.24) is 14.4 Å². The summed E-state index contributed by atoms with van der Waals surface area (Å²) in [6.07, 6.45) is 5.04. The first kappa shape index (κ1) is 19.6. The van der Waals surface area contributed by atoms with Crippen molar-refractivity contribution in [3.05, 3.63) is 70.1 Å². The number of fused-ring (bicyclic) bond motifs is 4. The summed E-state index contributed by atoms with van der Waals surface area (Å²) in [4.78, 5) is 30.4. The minimum Gasteiger partial charge on any atom is -0.342 e. The lowest BCUT2D eigenvalue weighted by molar-refractivity contribution is -0.134. The largest absolute Gasteiger partial charge is 0.342 e. The van der Waals surface area contributed by atoms with Gasteiger partial charge in [0.2, 0.25) is 5.91 Å². The molecule has 4 heterocycles. The van der Waals surface area contributed by atoms with Gasteiger partial charge in [0.25, 0.3) is 5.56 Å². The van der Waals surface area contributed by atoms with Gasteiger partial charge in [0.15, 0.2) is 0 Å². The zero-order valence-electron chi connectivity index (χ0n) is 17.6. The summed E-state index contributed by atoms with van der Waals surface area (Å²) in [5.41, 5.74) is 2.45. The first-order valence-corrected chi connectivity index (χ1v) is 11.4. The normalized spacial score (nSPS) is 25.9. The maximum Gasteiger partial charge on any atom is 0.251 e. The summed E-state index contributed by atoms with van der Waals surface area (Å²) in [6, 6.07) is 16.2. The molecule has 2 fully saturated rings. The van der Waals surface area contributed by atoms with Gasteiger partial charge >= 0.3 is 0 Å². The van der Waals surface area contributed by atoms with Gasteiger partial charge in [0.1, 0.15) is 0 Å². The van der Waals surface area contributed by atoms with Gasteiger partial charge in [-0.1, -0.05) is 36.4 Å². The van der Waals surface area contributed by atoms with Crippen LogP contribution in [0.5, 0.6) is 0 Å². The van der Waals surface area contributed by atoms with E-state index in [4.69, 9.17) is 0 Å². The molecule has 3 aliphatic rings. The van der Waals surface area contributed by atoms with Crippen molar-refractivity contribution in [2.24, 2.45) is 5.92 Å². The Morgan fingerprint density at radius 1 is 0.967 bits per heavy atom. The van der Waals surface area contributed by atoms with Gasteiger partial charge in [0, 0.05) is 49.8 Å². The van der Waals surface area contributed by atoms with Crippen LogP contribution in [0.15, 0.2) is 53.3 Å². The summed E-state index contributed by atoms with van der Waals surface area (Å²) >= 11 is 0. The lowest BCUT2D eigenvalue weighted by atomic mass is 9.76. The lowest BCUT2D eigenvalue weighted by Gasteiger charge is -2.47. The van der Waals surface area contributed by atoms with E-state index < -0.39 is 0 Å². The van der Waals surface area contributed by atoms with E-state index in [2.05, 4.69) is 40.1 Å². The number of hydrogen-bond acceptors (Lipinski definition) is 3. The number of piperidine rings is 1. The molecule has 5 nitrogen and oxygen atoms in total. The molecule has 2 saturated heterocycles. The molecule has 158 valence electrons. The molecule has 3 atom stereocenters. The van der Waals surface area contributed by atoms with Gasteiger partial charge in [-0.3, -0.25) is 9.59 Å². The SMILES string of the molecule is O=C(CCN1CCCC1)N1C[C@H]2C[C@@H](C1)[C@H](Cc1ccccc1)n1c2cccc1=O. The summed E-state index contributed by atoms with van der Waals surface area (Å²) < 4.78 is 2.04. The molecule has 30 heavy (non-hydrogen) atoms. The average molecular weight is 406 g/mol. The fourth-order valence-electron chi connectivity index (χ4n) is 5.78. The Hall–Kier alpha value is -2.40. The van der Waals surface area contributed by atoms with Gasteiger partial charge in [-0.2, -0.15) is 0 Å². The molecule has 2 aromatic rings. The van der Waals surface area contributed by atoms with E-state index in [-0.39, 0.29) is 23.4 Å². The highest BCUT2D eigenvalue weighted by molar-refractivity contribution is 5.76. The van der Waals surface area contributed by atoms with Crippen LogP contribution in [0.25, 0.3) is 0 Å². The van der Waals surface area contributed by atoms with E-state index in [1.807, 2.05) is 16.7 Å². The molecule has 1 aromatic carbocycles. The molecule has 0 aliphatic carbocycles. The van der Waals surface area contributed by atoms with Crippen LogP contribution in [0.4, 0.5) is 0 Å². The highest BCUT2D eigenvalue weighted by Gasteiger charge is 2.41. The van der Waals surface area contributed by atoms with E-state index in [1.54, 1.807) is 6.07 Å². The van der Waals surface area contributed by atoms with Gasteiger partial charge in [-0.25, -0.2) is 0 Å². The number of carbonyl (C=O) groups excluding carboxylic acids is 1. The monoisotopic (exact) mass is 405 g/mol. The molecule has 0 unspecified atom stereocenters. The fraction of sp³-hybridized carbons (Fsp3) is 0.520. The van der Waals surface area contributed by atoms with Crippen molar-refractivity contribution in [3.8, 4) is 0 Å². The van der Waals surface area contributed by atoms with E-state index in [0.717, 1.165) is 51.3 Å². The molecular weight excluding hydrogens is 374 g/mol. The van der Waals surface area contributed by atoms with Crippen molar-refractivity contribution in [1.29, 1.82) is 0 Å². The number of likely N-dealkylation sites (tertiary alicyclic amines) is 2. The van der Waals surface area contributed by atoms with Crippen molar-refractivity contribution >= 4 is 5.91 Å². The first-order valence-electron chi connectivity index (χ1n) is 11.4. The number of carbonyl (C=O) groups is 1. The minimum atomic E-state index is 0.0944. The van der Waals surface area contributed by atoms with Crippen LogP contribution in [0.1, 0.15) is 48.9 Å². The Morgan fingerprint density at radius 3 is 2.57 bits per heavy atom. The molecule has 0 saturated carbocycles. The van der Waals surface area contributed by atoms with Crippen LogP contribution >= 0.6 is 0 Å². The van der Waals surface area contributed by atoms with Gasteiger partial charge in [-0.05, 0) is 56.3 Å². The third-order valence-corrected chi connectivity index (χ3v) is 7.28. The van der Waals surface area contributed by atoms with Crippen molar-refractivity contribution < 1.29 is 4.79 Å². The fourth-order valence-corrected chi connectivity index (χ4v) is 5.78. The Morgan fingerprint density at radius 2 is 1.77 bits per heavy atom. The predicted molar refractivity (Wildman–Crippen MR) is 118 cm³/mol. The second kappa shape index (κ2) is 8.38. The van der Waals surface area contributed by atoms with Crippen molar-refractivity contribution in [3.63, 3.8) is 0 Å². The smallest absolute Gasteiger partial charge is 0.251 e. The molecule has 5 rings (SSSR count). The summed E-state index contributed by atoms with van der Waals surface area (Å²) in [5, 5.41) is 0. The van der Waals surface area contributed by atoms with Crippen LogP contribution in [-0.2, 0) is 11.2 Å². The number of nitrogens with zero attached hydrogens (tertiary/aromatic N) is 3. The summed E-state index contributed by atoms with van der Waals surface area (Å²) in [5.74, 6) is 0.870. The van der Waals surface area contributed by atoms with Crippen LogP contribution in [0, 0.1) is 5.92 Å². The number of aromatic nitrogens is 1. The first-order chi connectivity index (χ1) is 14.7. The highest BCUT2D eigenvalue weighted by atomic mass is 16.2. The Kier molecular flexibility index (Phi) is 5.47. The average Bonchev–Trinajstić information content (AvgIpc) is 3.29. The number of amides is 1. The molecule has 0 radical (unpaired) electrons. The third-order valence-electron chi connectivity index (χ3n) is 7.28. The van der Waals surface area contributed by atoms with Gasteiger partial charge < -0.3 is 14.4 Å². The molecular formula is C25H31N3O2. The summed E-state index contributed by atoms with van der Waals surface area (Å²) in [6.45, 7) is 4.67. The molecule has 0 N–H and O–H groups in total. The van der Waals surface area contributed by atoms with Gasteiger partial charge in [0.05, 0.1) is 0 Å². The van der Waals surface area contributed by atoms with Crippen LogP contribution in [-0.4, -0.2) is 53.0 Å².